The van der Waals surface area contributed by atoms with Crippen LogP contribution in [-0.4, -0.2) is 15.0 Å². The van der Waals surface area contributed by atoms with Gasteiger partial charge in [-0.1, -0.05) is 152 Å². The Morgan fingerprint density at radius 1 is 0.327 bits per heavy atom. The third kappa shape index (κ3) is 5.56. The maximum Gasteiger partial charge on any atom is 0.164 e. The Morgan fingerprint density at radius 3 is 1.24 bits per heavy atom. The van der Waals surface area contributed by atoms with E-state index in [0.717, 1.165) is 22.3 Å². The number of fused-ring (bicyclic) bond motifs is 3. The molecule has 0 saturated carbocycles. The Balaban J connectivity index is 1.25. The molecule has 0 aliphatic heterocycles. The molecule has 0 spiro atoms. The highest BCUT2D eigenvalue weighted by atomic mass is 16.3. The maximum atomic E-state index is 9.39. The van der Waals surface area contributed by atoms with E-state index >= 15 is 0 Å². The average molecular weight is 634 g/mol. The second-order valence-electron chi connectivity index (χ2n) is 11.6. The van der Waals surface area contributed by atoms with Crippen LogP contribution in [0.1, 0.15) is 8.22 Å². The Hall–Kier alpha value is -6.65. The number of nitrogens with zero attached hydrogens (tertiary/aromatic N) is 3. The lowest BCUT2D eigenvalue weighted by atomic mass is 10.0. The number of hydrogen-bond donors (Lipinski definition) is 0. The zero-order valence-electron chi connectivity index (χ0n) is 32.0. The summed E-state index contributed by atoms with van der Waals surface area (Å²) < 4.78 is 60.7. The lowest BCUT2D eigenvalue weighted by Crippen LogP contribution is -2.00. The summed E-state index contributed by atoms with van der Waals surface area (Å²) in [7, 11) is 0. The first-order valence-electron chi connectivity index (χ1n) is 18.9. The summed E-state index contributed by atoms with van der Waals surface area (Å²) in [5.74, 6) is 0.638. The number of benzene rings is 7. The predicted molar refractivity (Wildman–Crippen MR) is 200 cm³/mol. The van der Waals surface area contributed by atoms with Crippen molar-refractivity contribution in [2.75, 3.05) is 0 Å². The summed E-state index contributed by atoms with van der Waals surface area (Å²) in [5.41, 5.74) is 6.09. The van der Waals surface area contributed by atoms with Gasteiger partial charge in [0.05, 0.1) is 8.22 Å². The van der Waals surface area contributed by atoms with Crippen LogP contribution in [0.3, 0.4) is 0 Å². The second-order valence-corrected chi connectivity index (χ2v) is 11.6. The monoisotopic (exact) mass is 633 g/mol. The molecule has 0 saturated heterocycles. The van der Waals surface area contributed by atoms with Crippen LogP contribution in [0.25, 0.3) is 89.5 Å². The Morgan fingerprint density at radius 2 is 0.735 bits per heavy atom. The molecule has 0 fully saturated rings. The van der Waals surface area contributed by atoms with Crippen LogP contribution >= 0.6 is 0 Å². The van der Waals surface area contributed by atoms with Gasteiger partial charge in [-0.15, -0.1) is 0 Å². The van der Waals surface area contributed by atoms with E-state index in [0.29, 0.717) is 28.3 Å². The molecule has 7 aromatic carbocycles. The lowest BCUT2D eigenvalue weighted by molar-refractivity contribution is 0.669. The van der Waals surface area contributed by atoms with Gasteiger partial charge in [0.15, 0.2) is 17.5 Å². The van der Waals surface area contributed by atoms with E-state index in [4.69, 9.17) is 23.5 Å². The van der Waals surface area contributed by atoms with Crippen LogP contribution in [0.15, 0.2) is 180 Å². The van der Waals surface area contributed by atoms with Crippen molar-refractivity contribution in [1.29, 1.82) is 0 Å². The first-order chi connectivity index (χ1) is 26.8. The quantitative estimate of drug-likeness (QED) is 0.183. The standard InChI is InChI=1S/C45H29N3O/c1-4-10-30(11-5-1)33-16-20-35(21-17-33)43-46-44(36-22-18-34(19-23-36)31-12-6-2-7-13-31)48-45(47-43)38-24-26-39-40-28-37(32-14-8-3-9-15-32)25-27-41(40)49-42(39)29-38/h1-29H/i24D,25D,26D,27D,28D,29D. The summed E-state index contributed by atoms with van der Waals surface area (Å²) in [6.07, 6.45) is 0. The minimum Gasteiger partial charge on any atom is -0.456 e. The van der Waals surface area contributed by atoms with Crippen molar-refractivity contribution in [3.63, 3.8) is 0 Å². The van der Waals surface area contributed by atoms with Crippen molar-refractivity contribution in [1.82, 2.24) is 15.0 Å². The lowest BCUT2D eigenvalue weighted by Gasteiger charge is -2.10. The zero-order chi connectivity index (χ0) is 37.8. The Labute approximate surface area is 292 Å². The van der Waals surface area contributed by atoms with Crippen LogP contribution in [0, 0.1) is 0 Å². The van der Waals surface area contributed by atoms with Gasteiger partial charge in [0.25, 0.3) is 0 Å². The van der Waals surface area contributed by atoms with Crippen molar-refractivity contribution in [3.8, 4) is 67.5 Å². The van der Waals surface area contributed by atoms with Gasteiger partial charge in [0.2, 0.25) is 0 Å². The van der Waals surface area contributed by atoms with Crippen LogP contribution in [0.4, 0.5) is 0 Å². The largest absolute Gasteiger partial charge is 0.456 e. The highest BCUT2D eigenvalue weighted by molar-refractivity contribution is 6.07. The highest BCUT2D eigenvalue weighted by Crippen LogP contribution is 2.35. The first kappa shape index (κ1) is 22.8. The Kier molecular flexibility index (Phi) is 5.67. The number of rotatable bonds is 6. The molecule has 0 N–H and O–H groups in total. The fraction of sp³-hybridized carbons (Fsp3) is 0. The molecule has 0 amide bonds. The van der Waals surface area contributed by atoms with Gasteiger partial charge in [0.1, 0.15) is 11.2 Å². The van der Waals surface area contributed by atoms with E-state index in [1.165, 1.54) is 0 Å². The molecule has 9 aromatic rings. The molecular formula is C45H29N3O. The van der Waals surface area contributed by atoms with Crippen LogP contribution in [0.5, 0.6) is 0 Å². The van der Waals surface area contributed by atoms with E-state index in [-0.39, 0.29) is 75.1 Å². The number of hydrogen-bond acceptors (Lipinski definition) is 4. The molecule has 0 aliphatic rings. The summed E-state index contributed by atoms with van der Waals surface area (Å²) >= 11 is 0. The van der Waals surface area contributed by atoms with E-state index in [1.807, 2.05) is 115 Å². The summed E-state index contributed by atoms with van der Waals surface area (Å²) in [4.78, 5) is 14.5. The number of furan rings is 1. The van der Waals surface area contributed by atoms with E-state index in [1.54, 1.807) is 24.3 Å². The van der Waals surface area contributed by atoms with Gasteiger partial charge in [-0.05, 0) is 57.6 Å². The van der Waals surface area contributed by atoms with E-state index < -0.39 is 0 Å². The fourth-order valence-corrected chi connectivity index (χ4v) is 5.88. The third-order valence-electron chi connectivity index (χ3n) is 8.43. The molecule has 2 aromatic heterocycles. The summed E-state index contributed by atoms with van der Waals surface area (Å²) in [5, 5.41) is 0.175. The molecule has 4 nitrogen and oxygen atoms in total. The predicted octanol–water partition coefficient (Wildman–Crippen LogP) is 11.8. The molecule has 4 heteroatoms. The van der Waals surface area contributed by atoms with Gasteiger partial charge < -0.3 is 4.42 Å². The average Bonchev–Trinajstić information content (AvgIpc) is 3.65. The van der Waals surface area contributed by atoms with Crippen molar-refractivity contribution in [2.24, 2.45) is 0 Å². The topological polar surface area (TPSA) is 51.8 Å². The van der Waals surface area contributed by atoms with Crippen molar-refractivity contribution < 1.29 is 12.6 Å². The molecule has 0 unspecified atom stereocenters. The smallest absolute Gasteiger partial charge is 0.164 e. The third-order valence-corrected chi connectivity index (χ3v) is 8.43. The molecule has 0 aliphatic carbocycles. The minimum atomic E-state index is -0.329. The van der Waals surface area contributed by atoms with Crippen molar-refractivity contribution in [3.05, 3.63) is 176 Å². The molecule has 0 atom stereocenters. The summed E-state index contributed by atoms with van der Waals surface area (Å²) in [6, 6.07) is 43.0. The van der Waals surface area contributed by atoms with Crippen molar-refractivity contribution >= 4 is 21.9 Å². The van der Waals surface area contributed by atoms with E-state index in [2.05, 4.69) is 0 Å². The molecule has 230 valence electrons. The van der Waals surface area contributed by atoms with Crippen LogP contribution < -0.4 is 0 Å². The molecule has 0 bridgehead atoms. The summed E-state index contributed by atoms with van der Waals surface area (Å²) in [6.45, 7) is 0. The molecule has 9 rings (SSSR count). The van der Waals surface area contributed by atoms with Gasteiger partial charge in [-0.25, -0.2) is 15.0 Å². The minimum absolute atomic E-state index is 0.00785. The van der Waals surface area contributed by atoms with Gasteiger partial charge in [-0.3, -0.25) is 0 Å². The second kappa shape index (κ2) is 12.2. The van der Waals surface area contributed by atoms with Crippen LogP contribution in [-0.2, 0) is 0 Å². The van der Waals surface area contributed by atoms with Crippen molar-refractivity contribution in [2.45, 2.75) is 0 Å². The van der Waals surface area contributed by atoms with E-state index in [9.17, 15) is 4.11 Å². The molecule has 2 heterocycles. The SMILES string of the molecule is [2H]c1c(-c2ccccc2)c([2H])c2c(oc3c([2H])c(-c4nc(-c5ccc(-c6ccccc6)cc5)nc(-c5ccc(-c6ccccc6)cc5)n4)c([2H])c([2H])c32)c1[2H]. The Bertz CT molecular complexity index is 2800. The van der Waals surface area contributed by atoms with Crippen LogP contribution in [0.2, 0.25) is 0 Å². The first-order valence-corrected chi connectivity index (χ1v) is 15.9. The molecule has 49 heavy (non-hydrogen) atoms. The zero-order valence-corrected chi connectivity index (χ0v) is 26.0. The molecule has 0 radical (unpaired) electrons. The number of aromatic nitrogens is 3. The van der Waals surface area contributed by atoms with Gasteiger partial charge >= 0.3 is 0 Å². The fourth-order valence-electron chi connectivity index (χ4n) is 5.88. The maximum absolute atomic E-state index is 9.39. The molecular weight excluding hydrogens is 599 g/mol. The van der Waals surface area contributed by atoms with Gasteiger partial charge in [0, 0.05) is 27.5 Å². The highest BCUT2D eigenvalue weighted by Gasteiger charge is 2.16. The normalized spacial score (nSPS) is 13.0. The van der Waals surface area contributed by atoms with Gasteiger partial charge in [-0.2, -0.15) is 0 Å².